The van der Waals surface area contributed by atoms with Crippen LogP contribution in [0.2, 0.25) is 0 Å². The Kier molecular flexibility index (Phi) is 3.98. The summed E-state index contributed by atoms with van der Waals surface area (Å²) in [7, 11) is 1.97. The summed E-state index contributed by atoms with van der Waals surface area (Å²) in [6, 6.07) is 6.56. The monoisotopic (exact) mass is 250 g/mol. The van der Waals surface area contributed by atoms with Gasteiger partial charge in [0.25, 0.3) is 0 Å². The number of aryl methyl sites for hydroxylation is 1. The van der Waals surface area contributed by atoms with E-state index in [0.29, 0.717) is 0 Å². The number of thiazole rings is 1. The molecule has 0 spiro atoms. The first-order valence-electron chi connectivity index (χ1n) is 5.11. The summed E-state index contributed by atoms with van der Waals surface area (Å²) in [6.45, 7) is 3.08. The highest BCUT2D eigenvalue weighted by Gasteiger charge is 2.02. The van der Waals surface area contributed by atoms with Gasteiger partial charge in [-0.25, -0.2) is 4.98 Å². The van der Waals surface area contributed by atoms with E-state index < -0.39 is 0 Å². The Morgan fingerprint density at radius 2 is 2.31 bits per heavy atom. The van der Waals surface area contributed by atoms with Gasteiger partial charge in [-0.1, -0.05) is 17.8 Å². The van der Waals surface area contributed by atoms with Gasteiger partial charge in [0.1, 0.15) is 0 Å². The zero-order chi connectivity index (χ0) is 11.4. The summed E-state index contributed by atoms with van der Waals surface area (Å²) < 4.78 is 1.10. The molecule has 0 saturated carbocycles. The lowest BCUT2D eigenvalue weighted by Gasteiger charge is -2.06. The van der Waals surface area contributed by atoms with Crippen LogP contribution >= 0.6 is 23.1 Å². The molecule has 2 rings (SSSR count). The summed E-state index contributed by atoms with van der Waals surface area (Å²) >= 11 is 3.40. The standard InChI is InChI=1S/C12H14N2S2/c1-9-7-11(4-3-10(9)8-13-2)16-12-14-5-6-15-12/h3-7,13H,8H2,1-2H3. The van der Waals surface area contributed by atoms with Gasteiger partial charge in [-0.05, 0) is 37.2 Å². The van der Waals surface area contributed by atoms with Gasteiger partial charge in [0.05, 0.1) is 0 Å². The average Bonchev–Trinajstić information content (AvgIpc) is 2.75. The van der Waals surface area contributed by atoms with Gasteiger partial charge < -0.3 is 5.32 Å². The van der Waals surface area contributed by atoms with Crippen LogP contribution in [-0.2, 0) is 6.54 Å². The van der Waals surface area contributed by atoms with Crippen molar-refractivity contribution in [1.82, 2.24) is 10.3 Å². The van der Waals surface area contributed by atoms with Crippen LogP contribution in [0.25, 0.3) is 0 Å². The first-order valence-corrected chi connectivity index (χ1v) is 6.80. The number of aromatic nitrogens is 1. The molecule has 0 aliphatic rings. The fraction of sp³-hybridized carbons (Fsp3) is 0.250. The molecule has 0 amide bonds. The predicted molar refractivity (Wildman–Crippen MR) is 70.2 cm³/mol. The summed E-state index contributed by atoms with van der Waals surface area (Å²) in [6.07, 6.45) is 1.84. The zero-order valence-corrected chi connectivity index (χ0v) is 11.0. The molecule has 16 heavy (non-hydrogen) atoms. The van der Waals surface area contributed by atoms with E-state index in [1.165, 1.54) is 16.0 Å². The van der Waals surface area contributed by atoms with Crippen LogP contribution in [0.3, 0.4) is 0 Å². The molecule has 1 aromatic heterocycles. The van der Waals surface area contributed by atoms with Crippen molar-refractivity contribution in [3.05, 3.63) is 40.9 Å². The number of hydrogen-bond acceptors (Lipinski definition) is 4. The van der Waals surface area contributed by atoms with E-state index in [1.54, 1.807) is 23.1 Å². The first kappa shape index (κ1) is 11.6. The molecule has 1 N–H and O–H groups in total. The molecule has 0 radical (unpaired) electrons. The van der Waals surface area contributed by atoms with Crippen molar-refractivity contribution in [2.24, 2.45) is 0 Å². The van der Waals surface area contributed by atoms with Gasteiger partial charge in [0, 0.05) is 23.0 Å². The van der Waals surface area contributed by atoms with E-state index in [-0.39, 0.29) is 0 Å². The smallest absolute Gasteiger partial charge is 0.154 e. The lowest BCUT2D eigenvalue weighted by atomic mass is 10.1. The second-order valence-corrected chi connectivity index (χ2v) is 5.73. The van der Waals surface area contributed by atoms with Crippen molar-refractivity contribution < 1.29 is 0 Å². The topological polar surface area (TPSA) is 24.9 Å². The normalized spacial score (nSPS) is 10.6. The summed E-state index contributed by atoms with van der Waals surface area (Å²) in [5.41, 5.74) is 2.68. The molecule has 1 aromatic carbocycles. The summed E-state index contributed by atoms with van der Waals surface area (Å²) in [5.74, 6) is 0. The van der Waals surface area contributed by atoms with E-state index in [2.05, 4.69) is 35.4 Å². The second-order valence-electron chi connectivity index (χ2n) is 3.52. The van der Waals surface area contributed by atoms with Crippen LogP contribution in [-0.4, -0.2) is 12.0 Å². The zero-order valence-electron chi connectivity index (χ0n) is 9.36. The van der Waals surface area contributed by atoms with E-state index in [0.717, 1.165) is 10.9 Å². The lowest BCUT2D eigenvalue weighted by Crippen LogP contribution is -2.06. The first-order chi connectivity index (χ1) is 7.79. The van der Waals surface area contributed by atoms with E-state index in [4.69, 9.17) is 0 Å². The highest BCUT2D eigenvalue weighted by Crippen LogP contribution is 2.30. The van der Waals surface area contributed by atoms with Crippen molar-refractivity contribution in [1.29, 1.82) is 0 Å². The largest absolute Gasteiger partial charge is 0.316 e. The minimum absolute atomic E-state index is 0.925. The maximum atomic E-state index is 4.27. The van der Waals surface area contributed by atoms with Crippen LogP contribution in [0.1, 0.15) is 11.1 Å². The second kappa shape index (κ2) is 5.48. The number of nitrogens with zero attached hydrogens (tertiary/aromatic N) is 1. The number of nitrogens with one attached hydrogen (secondary N) is 1. The van der Waals surface area contributed by atoms with Crippen LogP contribution in [0.4, 0.5) is 0 Å². The molecule has 2 nitrogen and oxygen atoms in total. The van der Waals surface area contributed by atoms with Crippen molar-refractivity contribution in [3.8, 4) is 0 Å². The van der Waals surface area contributed by atoms with Crippen LogP contribution < -0.4 is 5.32 Å². The Morgan fingerprint density at radius 1 is 1.44 bits per heavy atom. The summed E-state index contributed by atoms with van der Waals surface area (Å²) in [5, 5.41) is 5.18. The minimum atomic E-state index is 0.925. The Balaban J connectivity index is 2.15. The molecule has 0 saturated heterocycles. The molecule has 0 unspecified atom stereocenters. The van der Waals surface area contributed by atoms with Gasteiger partial charge in [-0.3, -0.25) is 0 Å². The van der Waals surface area contributed by atoms with E-state index in [1.807, 2.05) is 18.6 Å². The molecule has 1 heterocycles. The van der Waals surface area contributed by atoms with Crippen LogP contribution in [0, 0.1) is 6.92 Å². The quantitative estimate of drug-likeness (QED) is 0.901. The average molecular weight is 250 g/mol. The number of rotatable bonds is 4. The molecule has 2 aromatic rings. The number of benzene rings is 1. The Hall–Kier alpha value is -0.840. The van der Waals surface area contributed by atoms with Crippen molar-refractivity contribution in [3.63, 3.8) is 0 Å². The maximum absolute atomic E-state index is 4.27. The van der Waals surface area contributed by atoms with Gasteiger partial charge in [-0.2, -0.15) is 0 Å². The fourth-order valence-electron chi connectivity index (χ4n) is 1.48. The van der Waals surface area contributed by atoms with E-state index >= 15 is 0 Å². The van der Waals surface area contributed by atoms with Gasteiger partial charge in [-0.15, -0.1) is 11.3 Å². The highest BCUT2D eigenvalue weighted by molar-refractivity contribution is 8.01. The molecule has 0 atom stereocenters. The molecule has 0 aliphatic carbocycles. The van der Waals surface area contributed by atoms with Crippen molar-refractivity contribution in [2.75, 3.05) is 7.05 Å². The molecule has 84 valence electrons. The van der Waals surface area contributed by atoms with Crippen molar-refractivity contribution in [2.45, 2.75) is 22.7 Å². The number of hydrogen-bond donors (Lipinski definition) is 1. The summed E-state index contributed by atoms with van der Waals surface area (Å²) in [4.78, 5) is 5.53. The van der Waals surface area contributed by atoms with Gasteiger partial charge in [0.2, 0.25) is 0 Å². The Morgan fingerprint density at radius 3 is 2.94 bits per heavy atom. The lowest BCUT2D eigenvalue weighted by molar-refractivity contribution is 0.811. The van der Waals surface area contributed by atoms with E-state index in [9.17, 15) is 0 Å². The SMILES string of the molecule is CNCc1ccc(Sc2nccs2)cc1C. The molecule has 0 fully saturated rings. The molecule has 0 bridgehead atoms. The Labute approximate surface area is 104 Å². The third-order valence-corrected chi connectivity index (χ3v) is 4.17. The Bertz CT molecular complexity index is 452. The third-order valence-electron chi connectivity index (χ3n) is 2.30. The predicted octanol–water partition coefficient (Wildman–Crippen LogP) is 3.32. The minimum Gasteiger partial charge on any atom is -0.316 e. The molecular formula is C12H14N2S2. The van der Waals surface area contributed by atoms with Crippen molar-refractivity contribution >= 4 is 23.1 Å². The third kappa shape index (κ3) is 2.84. The fourth-order valence-corrected chi connectivity index (χ4v) is 3.18. The highest BCUT2D eigenvalue weighted by atomic mass is 32.2. The van der Waals surface area contributed by atoms with Crippen LogP contribution in [0.5, 0.6) is 0 Å². The van der Waals surface area contributed by atoms with Gasteiger partial charge >= 0.3 is 0 Å². The van der Waals surface area contributed by atoms with Gasteiger partial charge in [0.15, 0.2) is 4.34 Å². The molecule has 4 heteroatoms. The molecular weight excluding hydrogens is 236 g/mol. The van der Waals surface area contributed by atoms with Crippen LogP contribution in [0.15, 0.2) is 39.0 Å². The maximum Gasteiger partial charge on any atom is 0.154 e. The molecule has 0 aliphatic heterocycles.